The number of fused-ring (bicyclic) bond motifs is 1. The fourth-order valence-corrected chi connectivity index (χ4v) is 7.81. The Labute approximate surface area is 150 Å². The third-order valence-electron chi connectivity index (χ3n) is 8.44. The molecule has 142 valence electrons. The van der Waals surface area contributed by atoms with E-state index < -0.39 is 64.4 Å². The van der Waals surface area contributed by atoms with E-state index in [1.54, 1.807) is 0 Å². The lowest BCUT2D eigenvalue weighted by molar-refractivity contribution is -0.170. The number of hydrogen-bond acceptors (Lipinski definition) is 6. The van der Waals surface area contributed by atoms with Crippen molar-refractivity contribution in [1.82, 2.24) is 0 Å². The standard InChI is InChI=1S/C19H24O7/c1-7-4-18-5-8(7)3-9(20)12(18)19-6-10(21)14(22)17(2,16(25)26-19)13(19)11(18)15(23)24/h8-14,20-22H,1,3-6H2,2H3,(H,23,24)/t8?,9-,10-,11+,12+,13+,14-,17-,18+,19+/m0/s1. The van der Waals surface area contributed by atoms with Crippen LogP contribution in [-0.4, -0.2) is 56.3 Å². The van der Waals surface area contributed by atoms with E-state index in [0.717, 1.165) is 5.57 Å². The van der Waals surface area contributed by atoms with Crippen molar-refractivity contribution >= 4 is 11.9 Å². The predicted octanol–water partition coefficient (Wildman–Crippen LogP) is 0.0778. The van der Waals surface area contributed by atoms with Crippen molar-refractivity contribution in [2.75, 3.05) is 0 Å². The van der Waals surface area contributed by atoms with E-state index >= 15 is 0 Å². The number of carboxylic acids is 1. The number of hydrogen-bond donors (Lipinski definition) is 4. The summed E-state index contributed by atoms with van der Waals surface area (Å²) in [5.74, 6) is -3.90. The summed E-state index contributed by atoms with van der Waals surface area (Å²) in [4.78, 5) is 25.2. The zero-order valence-electron chi connectivity index (χ0n) is 14.6. The predicted molar refractivity (Wildman–Crippen MR) is 86.6 cm³/mol. The average Bonchev–Trinajstić information content (AvgIpc) is 3.00. The van der Waals surface area contributed by atoms with Gasteiger partial charge in [0, 0.05) is 18.3 Å². The summed E-state index contributed by atoms with van der Waals surface area (Å²) in [6.45, 7) is 5.62. The number of rotatable bonds is 1. The molecule has 5 aliphatic rings. The molecule has 1 heterocycles. The largest absolute Gasteiger partial charge is 0.481 e. The van der Waals surface area contributed by atoms with Crippen LogP contribution in [0.1, 0.15) is 32.6 Å². The Morgan fingerprint density at radius 1 is 1.19 bits per heavy atom. The molecule has 7 nitrogen and oxygen atoms in total. The third kappa shape index (κ3) is 1.47. The summed E-state index contributed by atoms with van der Waals surface area (Å²) in [5.41, 5.74) is -2.54. The van der Waals surface area contributed by atoms with Gasteiger partial charge in [-0.2, -0.15) is 0 Å². The first-order valence-corrected chi connectivity index (χ1v) is 9.27. The molecule has 1 saturated heterocycles. The minimum Gasteiger partial charge on any atom is -0.481 e. The molecular formula is C19H24O7. The van der Waals surface area contributed by atoms with Crippen molar-refractivity contribution < 1.29 is 34.8 Å². The fourth-order valence-electron chi connectivity index (χ4n) is 7.81. The van der Waals surface area contributed by atoms with Crippen LogP contribution in [0.3, 0.4) is 0 Å². The highest BCUT2D eigenvalue weighted by molar-refractivity contribution is 5.85. The van der Waals surface area contributed by atoms with Crippen LogP contribution in [-0.2, 0) is 14.3 Å². The zero-order valence-corrected chi connectivity index (χ0v) is 14.6. The van der Waals surface area contributed by atoms with Crippen LogP contribution < -0.4 is 0 Å². The fraction of sp³-hybridized carbons (Fsp3) is 0.789. The molecule has 5 fully saturated rings. The van der Waals surface area contributed by atoms with Gasteiger partial charge in [-0.1, -0.05) is 12.2 Å². The van der Waals surface area contributed by atoms with Crippen LogP contribution in [0.15, 0.2) is 12.2 Å². The van der Waals surface area contributed by atoms with Crippen LogP contribution in [0.5, 0.6) is 0 Å². The smallest absolute Gasteiger partial charge is 0.315 e. The molecule has 4 saturated carbocycles. The molecule has 1 spiro atoms. The summed E-state index contributed by atoms with van der Waals surface area (Å²) in [5, 5.41) is 42.3. The first-order valence-electron chi connectivity index (χ1n) is 9.27. The van der Waals surface area contributed by atoms with E-state index in [-0.39, 0.29) is 12.3 Å². The molecule has 0 radical (unpaired) electrons. The molecule has 1 aliphatic heterocycles. The van der Waals surface area contributed by atoms with E-state index in [1.165, 1.54) is 6.92 Å². The highest BCUT2D eigenvalue weighted by atomic mass is 16.6. The summed E-state index contributed by atoms with van der Waals surface area (Å²) < 4.78 is 5.83. The molecule has 5 rings (SSSR count). The maximum absolute atomic E-state index is 12.8. The molecule has 10 atom stereocenters. The lowest BCUT2D eigenvalue weighted by Crippen LogP contribution is -2.60. The second-order valence-electron chi connectivity index (χ2n) is 9.39. The van der Waals surface area contributed by atoms with Crippen molar-refractivity contribution in [3.8, 4) is 0 Å². The highest BCUT2D eigenvalue weighted by Gasteiger charge is 2.85. The lowest BCUT2D eigenvalue weighted by Gasteiger charge is -2.47. The van der Waals surface area contributed by atoms with Crippen LogP contribution in [0.2, 0.25) is 0 Å². The van der Waals surface area contributed by atoms with Crippen molar-refractivity contribution in [1.29, 1.82) is 0 Å². The number of aliphatic carboxylic acids is 1. The number of esters is 1. The van der Waals surface area contributed by atoms with Gasteiger partial charge >= 0.3 is 11.9 Å². The molecule has 26 heavy (non-hydrogen) atoms. The number of allylic oxidation sites excluding steroid dienone is 1. The highest BCUT2D eigenvalue weighted by Crippen LogP contribution is 2.77. The number of aliphatic hydroxyl groups excluding tert-OH is 3. The van der Waals surface area contributed by atoms with Gasteiger partial charge in [-0.25, -0.2) is 0 Å². The van der Waals surface area contributed by atoms with Crippen LogP contribution in [0.25, 0.3) is 0 Å². The van der Waals surface area contributed by atoms with E-state index in [0.29, 0.717) is 19.3 Å². The quantitative estimate of drug-likeness (QED) is 0.384. The minimum atomic E-state index is -1.49. The maximum Gasteiger partial charge on any atom is 0.315 e. The van der Waals surface area contributed by atoms with Crippen molar-refractivity contribution in [3.63, 3.8) is 0 Å². The van der Waals surface area contributed by atoms with E-state index in [9.17, 15) is 30.0 Å². The molecule has 0 aromatic carbocycles. The molecule has 4 aliphatic carbocycles. The Kier molecular flexibility index (Phi) is 2.90. The van der Waals surface area contributed by atoms with Gasteiger partial charge in [0.1, 0.15) is 11.0 Å². The lowest BCUT2D eigenvalue weighted by atomic mass is 9.58. The number of aliphatic hydroxyl groups is 3. The first-order chi connectivity index (χ1) is 12.1. The van der Waals surface area contributed by atoms with Gasteiger partial charge in [-0.3, -0.25) is 9.59 Å². The summed E-state index contributed by atoms with van der Waals surface area (Å²) in [6.07, 6.45) is -1.88. The van der Waals surface area contributed by atoms with Crippen molar-refractivity contribution in [3.05, 3.63) is 12.2 Å². The number of carbonyl (C=O) groups excluding carboxylic acids is 1. The summed E-state index contributed by atoms with van der Waals surface area (Å²) >= 11 is 0. The number of ether oxygens (including phenoxy) is 1. The second kappa shape index (κ2) is 4.51. The van der Waals surface area contributed by atoms with Gasteiger partial charge in [0.05, 0.1) is 24.2 Å². The Hall–Kier alpha value is -1.44. The summed E-state index contributed by atoms with van der Waals surface area (Å²) in [7, 11) is 0. The Bertz CT molecular complexity index is 748. The minimum absolute atomic E-state index is 0.0371. The summed E-state index contributed by atoms with van der Waals surface area (Å²) in [6, 6.07) is 0. The van der Waals surface area contributed by atoms with E-state index in [4.69, 9.17) is 4.74 Å². The molecule has 4 bridgehead atoms. The molecule has 0 aromatic heterocycles. The van der Waals surface area contributed by atoms with Crippen molar-refractivity contribution in [2.45, 2.75) is 56.5 Å². The molecular weight excluding hydrogens is 340 g/mol. The molecule has 7 heteroatoms. The molecule has 0 amide bonds. The van der Waals surface area contributed by atoms with E-state index in [2.05, 4.69) is 6.58 Å². The van der Waals surface area contributed by atoms with Crippen molar-refractivity contribution in [2.24, 2.45) is 34.5 Å². The first kappa shape index (κ1) is 16.7. The van der Waals surface area contributed by atoms with Gasteiger partial charge in [0.15, 0.2) is 0 Å². The Morgan fingerprint density at radius 2 is 1.88 bits per heavy atom. The SMILES string of the molecule is C=C1C[C@]23CC1C[C@H](O)[C@H]2[C@@]12C[C@H](O)[C@H](O)[C@@](C)(C(=O)O1)[C@H]2[C@@H]3C(=O)O. The Balaban J connectivity index is 1.79. The number of carbonyl (C=O) groups is 2. The number of carboxylic acid groups (broad SMARTS) is 1. The maximum atomic E-state index is 12.8. The van der Waals surface area contributed by atoms with Crippen LogP contribution >= 0.6 is 0 Å². The average molecular weight is 364 g/mol. The van der Waals surface area contributed by atoms with Crippen LogP contribution in [0.4, 0.5) is 0 Å². The van der Waals surface area contributed by atoms with Gasteiger partial charge in [0.25, 0.3) is 0 Å². The van der Waals surface area contributed by atoms with Gasteiger partial charge in [-0.05, 0) is 37.5 Å². The molecule has 4 N–H and O–H groups in total. The normalized spacial score (nSPS) is 59.8. The molecule has 0 aromatic rings. The van der Waals surface area contributed by atoms with Gasteiger partial charge < -0.3 is 25.2 Å². The van der Waals surface area contributed by atoms with Gasteiger partial charge in [0.2, 0.25) is 0 Å². The van der Waals surface area contributed by atoms with Crippen LogP contribution in [0, 0.1) is 34.5 Å². The molecule has 1 unspecified atom stereocenters. The Morgan fingerprint density at radius 3 is 2.54 bits per heavy atom. The van der Waals surface area contributed by atoms with Gasteiger partial charge in [-0.15, -0.1) is 0 Å². The second-order valence-corrected chi connectivity index (χ2v) is 9.39. The zero-order chi connectivity index (χ0) is 18.8. The topological polar surface area (TPSA) is 124 Å². The van der Waals surface area contributed by atoms with E-state index in [1.807, 2.05) is 0 Å². The monoisotopic (exact) mass is 364 g/mol. The third-order valence-corrected chi connectivity index (χ3v) is 8.44.